The van der Waals surface area contributed by atoms with Gasteiger partial charge in [-0.1, -0.05) is 18.2 Å². The summed E-state index contributed by atoms with van der Waals surface area (Å²) in [5.41, 5.74) is 0. The third-order valence-corrected chi connectivity index (χ3v) is 5.79. The highest BCUT2D eigenvalue weighted by Gasteiger charge is 2.31. The van der Waals surface area contributed by atoms with Crippen molar-refractivity contribution < 1.29 is 14.3 Å². The van der Waals surface area contributed by atoms with Gasteiger partial charge in [-0.3, -0.25) is 9.59 Å². The van der Waals surface area contributed by atoms with Crippen LogP contribution in [0, 0.1) is 5.92 Å². The van der Waals surface area contributed by atoms with E-state index in [4.69, 9.17) is 4.74 Å². The predicted molar refractivity (Wildman–Crippen MR) is 98.5 cm³/mol. The Hall–Kier alpha value is -1.53. The molecule has 0 aromatic heterocycles. The Morgan fingerprint density at radius 3 is 2.60 bits per heavy atom. The fraction of sp³-hybridized carbons (Fsp3) is 0.579. The fourth-order valence-electron chi connectivity index (χ4n) is 3.38. The minimum atomic E-state index is -0.0439. The maximum Gasteiger partial charge on any atom is 0.227 e. The van der Waals surface area contributed by atoms with Crippen LogP contribution in [0.2, 0.25) is 0 Å². The number of carbonyl (C=O) groups is 2. The molecule has 0 bridgehead atoms. The summed E-state index contributed by atoms with van der Waals surface area (Å²) in [6.07, 6.45) is 2.33. The lowest BCUT2D eigenvalue weighted by molar-refractivity contribution is -0.143. The van der Waals surface area contributed by atoms with Crippen molar-refractivity contribution in [2.75, 3.05) is 45.1 Å². The van der Waals surface area contributed by atoms with Crippen molar-refractivity contribution >= 4 is 23.6 Å². The quantitative estimate of drug-likeness (QED) is 0.754. The molecule has 0 saturated carbocycles. The predicted octanol–water partition coefficient (Wildman–Crippen LogP) is 2.27. The zero-order valence-electron chi connectivity index (χ0n) is 14.6. The Morgan fingerprint density at radius 2 is 1.84 bits per heavy atom. The van der Waals surface area contributed by atoms with E-state index in [0.29, 0.717) is 39.3 Å². The highest BCUT2D eigenvalue weighted by atomic mass is 32.2. The normalized spacial score (nSPS) is 21.2. The number of rotatable bonds is 5. The van der Waals surface area contributed by atoms with Crippen molar-refractivity contribution in [1.29, 1.82) is 0 Å². The molecule has 2 aliphatic rings. The van der Waals surface area contributed by atoms with Gasteiger partial charge in [0.2, 0.25) is 11.8 Å². The number of hydrogen-bond donors (Lipinski definition) is 0. The van der Waals surface area contributed by atoms with Gasteiger partial charge in [-0.05, 0) is 25.0 Å². The Labute approximate surface area is 153 Å². The van der Waals surface area contributed by atoms with Gasteiger partial charge in [0.25, 0.3) is 0 Å². The summed E-state index contributed by atoms with van der Waals surface area (Å²) in [4.78, 5) is 30.1. The Morgan fingerprint density at radius 1 is 1.08 bits per heavy atom. The van der Waals surface area contributed by atoms with Crippen LogP contribution in [-0.2, 0) is 14.3 Å². The van der Waals surface area contributed by atoms with Crippen LogP contribution in [0.4, 0.5) is 0 Å². The number of hydrogen-bond acceptors (Lipinski definition) is 4. The third kappa shape index (κ3) is 5.22. The van der Waals surface area contributed by atoms with Crippen molar-refractivity contribution in [2.45, 2.75) is 24.2 Å². The zero-order valence-corrected chi connectivity index (χ0v) is 15.4. The molecule has 2 fully saturated rings. The van der Waals surface area contributed by atoms with Gasteiger partial charge in [0.05, 0.1) is 19.1 Å². The zero-order chi connectivity index (χ0) is 17.5. The van der Waals surface area contributed by atoms with Gasteiger partial charge in [0, 0.05) is 43.2 Å². The smallest absolute Gasteiger partial charge is 0.227 e. The lowest BCUT2D eigenvalue weighted by atomic mass is 9.96. The van der Waals surface area contributed by atoms with E-state index in [1.54, 1.807) is 11.8 Å². The summed E-state index contributed by atoms with van der Waals surface area (Å²) in [5, 5.41) is 0. The van der Waals surface area contributed by atoms with E-state index in [9.17, 15) is 9.59 Å². The number of carbonyl (C=O) groups excluding carboxylic acids is 2. The molecular weight excluding hydrogens is 336 g/mol. The second kappa shape index (κ2) is 9.25. The molecule has 0 aliphatic carbocycles. The van der Waals surface area contributed by atoms with Gasteiger partial charge in [-0.25, -0.2) is 0 Å². The number of ether oxygens (including phenoxy) is 1. The lowest BCUT2D eigenvalue weighted by Gasteiger charge is -2.36. The maximum absolute atomic E-state index is 12.6. The summed E-state index contributed by atoms with van der Waals surface area (Å²) < 4.78 is 5.32. The molecule has 1 aromatic carbocycles. The summed E-state index contributed by atoms with van der Waals surface area (Å²) in [6.45, 7) is 3.95. The molecule has 5 nitrogen and oxygen atoms in total. The van der Waals surface area contributed by atoms with Crippen LogP contribution in [0.3, 0.4) is 0 Å². The topological polar surface area (TPSA) is 49.9 Å². The highest BCUT2D eigenvalue weighted by molar-refractivity contribution is 7.99. The number of morpholine rings is 1. The Kier molecular flexibility index (Phi) is 6.76. The van der Waals surface area contributed by atoms with E-state index in [2.05, 4.69) is 12.1 Å². The molecule has 1 aromatic rings. The molecule has 1 unspecified atom stereocenters. The number of thioether (sulfide) groups is 1. The molecule has 3 rings (SSSR count). The molecule has 2 saturated heterocycles. The molecule has 25 heavy (non-hydrogen) atoms. The maximum atomic E-state index is 12.6. The van der Waals surface area contributed by atoms with Crippen LogP contribution in [0.1, 0.15) is 19.3 Å². The summed E-state index contributed by atoms with van der Waals surface area (Å²) in [5.74, 6) is 1.10. The van der Waals surface area contributed by atoms with Gasteiger partial charge in [0.15, 0.2) is 0 Å². The van der Waals surface area contributed by atoms with Crippen LogP contribution in [0.15, 0.2) is 35.2 Å². The first-order chi connectivity index (χ1) is 12.2. The average molecular weight is 362 g/mol. The third-order valence-electron chi connectivity index (χ3n) is 4.77. The molecule has 0 spiro atoms. The summed E-state index contributed by atoms with van der Waals surface area (Å²) in [6, 6.07) is 10.1. The number of piperidine rings is 1. The van der Waals surface area contributed by atoms with E-state index in [-0.39, 0.29) is 17.7 Å². The molecule has 0 radical (unpaired) electrons. The van der Waals surface area contributed by atoms with Crippen molar-refractivity contribution in [1.82, 2.24) is 9.80 Å². The van der Waals surface area contributed by atoms with Crippen molar-refractivity contribution in [3.8, 4) is 0 Å². The van der Waals surface area contributed by atoms with Crippen LogP contribution >= 0.6 is 11.8 Å². The van der Waals surface area contributed by atoms with E-state index in [1.807, 2.05) is 28.0 Å². The first-order valence-electron chi connectivity index (χ1n) is 9.06. The Bertz CT molecular complexity index is 575. The van der Waals surface area contributed by atoms with Crippen LogP contribution in [-0.4, -0.2) is 66.8 Å². The van der Waals surface area contributed by atoms with Crippen LogP contribution < -0.4 is 0 Å². The second-order valence-corrected chi connectivity index (χ2v) is 7.70. The molecule has 6 heteroatoms. The summed E-state index contributed by atoms with van der Waals surface area (Å²) >= 11 is 1.71. The standard InChI is InChI=1S/C19H26N2O3S/c22-18(8-14-25-17-6-2-1-3-7-17)21-9-4-5-16(15-21)19(23)20-10-12-24-13-11-20/h1-3,6-7,16H,4-5,8-15H2. The largest absolute Gasteiger partial charge is 0.378 e. The van der Waals surface area contributed by atoms with Gasteiger partial charge >= 0.3 is 0 Å². The molecule has 1 atom stereocenters. The van der Waals surface area contributed by atoms with E-state index in [0.717, 1.165) is 25.1 Å². The fourth-order valence-corrected chi connectivity index (χ4v) is 4.24. The average Bonchev–Trinajstić information content (AvgIpc) is 2.69. The first-order valence-corrected chi connectivity index (χ1v) is 10.0. The molecule has 2 amide bonds. The molecule has 136 valence electrons. The SMILES string of the molecule is O=C(CCSc1ccccc1)N1CCCC(C(=O)N2CCOCC2)C1. The minimum Gasteiger partial charge on any atom is -0.378 e. The summed E-state index contributed by atoms with van der Waals surface area (Å²) in [7, 11) is 0. The lowest BCUT2D eigenvalue weighted by Crippen LogP contribution is -2.49. The first kappa shape index (κ1) is 18.3. The van der Waals surface area contributed by atoms with Crippen LogP contribution in [0.25, 0.3) is 0 Å². The van der Waals surface area contributed by atoms with Gasteiger partial charge in [-0.15, -0.1) is 11.8 Å². The molecule has 0 N–H and O–H groups in total. The van der Waals surface area contributed by atoms with E-state index < -0.39 is 0 Å². The monoisotopic (exact) mass is 362 g/mol. The molecular formula is C19H26N2O3S. The van der Waals surface area contributed by atoms with E-state index in [1.165, 1.54) is 4.90 Å². The van der Waals surface area contributed by atoms with Crippen molar-refractivity contribution in [3.63, 3.8) is 0 Å². The molecule has 2 heterocycles. The van der Waals surface area contributed by atoms with Gasteiger partial charge in [0.1, 0.15) is 0 Å². The number of nitrogens with zero attached hydrogens (tertiary/aromatic N) is 2. The van der Waals surface area contributed by atoms with Crippen LogP contribution in [0.5, 0.6) is 0 Å². The van der Waals surface area contributed by atoms with Gasteiger partial charge in [-0.2, -0.15) is 0 Å². The number of likely N-dealkylation sites (tertiary alicyclic amines) is 1. The number of amides is 2. The van der Waals surface area contributed by atoms with E-state index >= 15 is 0 Å². The minimum absolute atomic E-state index is 0.0439. The molecule has 2 aliphatic heterocycles. The number of benzene rings is 1. The Balaban J connectivity index is 1.45. The van der Waals surface area contributed by atoms with Gasteiger partial charge < -0.3 is 14.5 Å². The van der Waals surface area contributed by atoms with Crippen molar-refractivity contribution in [3.05, 3.63) is 30.3 Å². The van der Waals surface area contributed by atoms with Crippen molar-refractivity contribution in [2.24, 2.45) is 5.92 Å². The highest BCUT2D eigenvalue weighted by Crippen LogP contribution is 2.22. The second-order valence-electron chi connectivity index (χ2n) is 6.53.